The minimum absolute atomic E-state index is 0.899. The van der Waals surface area contributed by atoms with Gasteiger partial charge < -0.3 is 15.0 Å². The van der Waals surface area contributed by atoms with E-state index in [4.69, 9.17) is 4.74 Å². The summed E-state index contributed by atoms with van der Waals surface area (Å²) in [6.07, 6.45) is 3.93. The molecular formula is C13H28N2O. The summed E-state index contributed by atoms with van der Waals surface area (Å²) in [5, 5.41) is 3.47. The molecule has 3 heteroatoms. The molecule has 0 saturated heterocycles. The molecule has 1 aliphatic rings. The zero-order chi connectivity index (χ0) is 11.6. The molecule has 16 heavy (non-hydrogen) atoms. The van der Waals surface area contributed by atoms with Gasteiger partial charge in [-0.05, 0) is 44.8 Å². The summed E-state index contributed by atoms with van der Waals surface area (Å²) < 4.78 is 5.58. The molecular weight excluding hydrogens is 200 g/mol. The van der Waals surface area contributed by atoms with Crippen molar-refractivity contribution in [3.05, 3.63) is 0 Å². The fourth-order valence-electron chi connectivity index (χ4n) is 1.74. The van der Waals surface area contributed by atoms with Gasteiger partial charge in [0, 0.05) is 26.3 Å². The summed E-state index contributed by atoms with van der Waals surface area (Å²) in [7, 11) is 0. The highest BCUT2D eigenvalue weighted by Crippen LogP contribution is 2.28. The van der Waals surface area contributed by atoms with Crippen LogP contribution in [0.15, 0.2) is 0 Å². The molecule has 0 aliphatic heterocycles. The number of nitrogens with zero attached hydrogens (tertiary/aromatic N) is 1. The zero-order valence-corrected chi connectivity index (χ0v) is 11.0. The summed E-state index contributed by atoms with van der Waals surface area (Å²) in [6, 6.07) is 0. The number of rotatable bonds is 11. The van der Waals surface area contributed by atoms with Crippen LogP contribution in [0.3, 0.4) is 0 Å². The molecule has 0 unspecified atom stereocenters. The number of likely N-dealkylation sites (N-methyl/N-ethyl adjacent to an activating group) is 1. The highest BCUT2D eigenvalue weighted by molar-refractivity contribution is 4.71. The molecule has 0 radical (unpaired) electrons. The van der Waals surface area contributed by atoms with Crippen molar-refractivity contribution in [1.82, 2.24) is 10.2 Å². The first kappa shape index (κ1) is 13.9. The van der Waals surface area contributed by atoms with Gasteiger partial charge in [-0.2, -0.15) is 0 Å². The van der Waals surface area contributed by atoms with E-state index in [1.54, 1.807) is 0 Å². The van der Waals surface area contributed by atoms with Gasteiger partial charge in [0.1, 0.15) is 0 Å². The lowest BCUT2D eigenvalue weighted by Crippen LogP contribution is -2.32. The minimum Gasteiger partial charge on any atom is -0.381 e. The smallest absolute Gasteiger partial charge is 0.0494 e. The number of hydrogen-bond donors (Lipinski definition) is 1. The third-order valence-corrected chi connectivity index (χ3v) is 3.19. The van der Waals surface area contributed by atoms with Gasteiger partial charge in [0.2, 0.25) is 0 Å². The van der Waals surface area contributed by atoms with Crippen molar-refractivity contribution in [1.29, 1.82) is 0 Å². The van der Waals surface area contributed by atoms with Crippen molar-refractivity contribution >= 4 is 0 Å². The molecule has 0 aromatic carbocycles. The van der Waals surface area contributed by atoms with E-state index in [9.17, 15) is 0 Å². The van der Waals surface area contributed by atoms with Gasteiger partial charge in [-0.1, -0.05) is 13.8 Å². The molecule has 3 nitrogen and oxygen atoms in total. The van der Waals surface area contributed by atoms with Crippen LogP contribution >= 0.6 is 0 Å². The SMILES string of the molecule is CCN(CC)CCNCCCOCC1CC1. The van der Waals surface area contributed by atoms with Crippen LogP contribution in [0.4, 0.5) is 0 Å². The van der Waals surface area contributed by atoms with Crippen molar-refractivity contribution in [3.63, 3.8) is 0 Å². The van der Waals surface area contributed by atoms with Gasteiger partial charge in [0.25, 0.3) is 0 Å². The van der Waals surface area contributed by atoms with Gasteiger partial charge in [-0.25, -0.2) is 0 Å². The van der Waals surface area contributed by atoms with Crippen LogP contribution in [0.1, 0.15) is 33.1 Å². The Morgan fingerprint density at radius 1 is 1.19 bits per heavy atom. The second-order valence-corrected chi connectivity index (χ2v) is 4.65. The van der Waals surface area contributed by atoms with Crippen LogP contribution in [0, 0.1) is 5.92 Å². The van der Waals surface area contributed by atoms with E-state index < -0.39 is 0 Å². The van der Waals surface area contributed by atoms with E-state index in [0.717, 1.165) is 58.3 Å². The minimum atomic E-state index is 0.899. The van der Waals surface area contributed by atoms with Gasteiger partial charge in [-0.15, -0.1) is 0 Å². The topological polar surface area (TPSA) is 24.5 Å². The molecule has 1 rings (SSSR count). The van der Waals surface area contributed by atoms with Crippen molar-refractivity contribution in [3.8, 4) is 0 Å². The van der Waals surface area contributed by atoms with Gasteiger partial charge in [0.05, 0.1) is 0 Å². The largest absolute Gasteiger partial charge is 0.381 e. The third-order valence-electron chi connectivity index (χ3n) is 3.19. The van der Waals surface area contributed by atoms with E-state index in [1.165, 1.54) is 12.8 Å². The Balaban J connectivity index is 1.73. The van der Waals surface area contributed by atoms with Crippen LogP contribution < -0.4 is 5.32 Å². The second kappa shape index (κ2) is 8.97. The van der Waals surface area contributed by atoms with Crippen molar-refractivity contribution < 1.29 is 4.74 Å². The van der Waals surface area contributed by atoms with Crippen molar-refractivity contribution in [2.75, 3.05) is 45.9 Å². The lowest BCUT2D eigenvalue weighted by Gasteiger charge is -2.17. The molecule has 0 heterocycles. The number of hydrogen-bond acceptors (Lipinski definition) is 3. The quantitative estimate of drug-likeness (QED) is 0.545. The van der Waals surface area contributed by atoms with Gasteiger partial charge in [-0.3, -0.25) is 0 Å². The van der Waals surface area contributed by atoms with E-state index in [1.807, 2.05) is 0 Å². The normalized spacial score (nSPS) is 15.9. The maximum atomic E-state index is 5.58. The zero-order valence-electron chi connectivity index (χ0n) is 11.0. The Labute approximate surface area is 101 Å². The molecule has 1 saturated carbocycles. The molecule has 1 aliphatic carbocycles. The number of ether oxygens (including phenoxy) is 1. The average Bonchev–Trinajstić information content (AvgIpc) is 3.11. The van der Waals surface area contributed by atoms with Crippen LogP contribution in [0.5, 0.6) is 0 Å². The summed E-state index contributed by atoms with van der Waals surface area (Å²) in [5.41, 5.74) is 0. The molecule has 0 aromatic rings. The Bertz CT molecular complexity index is 156. The predicted octanol–water partition coefficient (Wildman–Crippen LogP) is 1.73. The van der Waals surface area contributed by atoms with E-state index in [-0.39, 0.29) is 0 Å². The lowest BCUT2D eigenvalue weighted by molar-refractivity contribution is 0.122. The number of nitrogens with one attached hydrogen (secondary N) is 1. The molecule has 0 aromatic heterocycles. The van der Waals surface area contributed by atoms with E-state index >= 15 is 0 Å². The fourth-order valence-corrected chi connectivity index (χ4v) is 1.74. The molecule has 0 atom stereocenters. The third kappa shape index (κ3) is 7.20. The highest BCUT2D eigenvalue weighted by atomic mass is 16.5. The molecule has 0 spiro atoms. The first-order valence-corrected chi connectivity index (χ1v) is 6.87. The highest BCUT2D eigenvalue weighted by Gasteiger charge is 2.20. The van der Waals surface area contributed by atoms with Gasteiger partial charge >= 0.3 is 0 Å². The maximum Gasteiger partial charge on any atom is 0.0494 e. The van der Waals surface area contributed by atoms with Crippen molar-refractivity contribution in [2.24, 2.45) is 5.92 Å². The summed E-state index contributed by atoms with van der Waals surface area (Å²) in [6.45, 7) is 12.0. The molecule has 1 fully saturated rings. The molecule has 96 valence electrons. The molecule has 1 N–H and O–H groups in total. The Hall–Kier alpha value is -0.120. The molecule has 0 amide bonds. The fraction of sp³-hybridized carbons (Fsp3) is 1.00. The Kier molecular flexibility index (Phi) is 7.81. The lowest BCUT2D eigenvalue weighted by atomic mass is 10.4. The standard InChI is InChI=1S/C13H28N2O/c1-3-15(4-2)10-9-14-8-5-11-16-12-13-6-7-13/h13-14H,3-12H2,1-2H3. The van der Waals surface area contributed by atoms with Crippen LogP contribution in [-0.2, 0) is 4.74 Å². The van der Waals surface area contributed by atoms with Crippen molar-refractivity contribution in [2.45, 2.75) is 33.1 Å². The maximum absolute atomic E-state index is 5.58. The van der Waals surface area contributed by atoms with E-state index in [2.05, 4.69) is 24.1 Å². The molecule has 0 bridgehead atoms. The second-order valence-electron chi connectivity index (χ2n) is 4.65. The van der Waals surface area contributed by atoms with Crippen LogP contribution in [0.25, 0.3) is 0 Å². The predicted molar refractivity (Wildman–Crippen MR) is 68.8 cm³/mol. The van der Waals surface area contributed by atoms with Crippen LogP contribution in [-0.4, -0.2) is 50.8 Å². The summed E-state index contributed by atoms with van der Waals surface area (Å²) in [5.74, 6) is 0.899. The van der Waals surface area contributed by atoms with Gasteiger partial charge in [0.15, 0.2) is 0 Å². The first-order chi connectivity index (χ1) is 7.86. The van der Waals surface area contributed by atoms with Crippen LogP contribution in [0.2, 0.25) is 0 Å². The summed E-state index contributed by atoms with van der Waals surface area (Å²) >= 11 is 0. The Morgan fingerprint density at radius 3 is 2.56 bits per heavy atom. The van der Waals surface area contributed by atoms with E-state index in [0.29, 0.717) is 0 Å². The average molecular weight is 228 g/mol. The summed E-state index contributed by atoms with van der Waals surface area (Å²) in [4.78, 5) is 2.44. The Morgan fingerprint density at radius 2 is 1.94 bits per heavy atom. The first-order valence-electron chi connectivity index (χ1n) is 6.87. The monoisotopic (exact) mass is 228 g/mol.